The quantitative estimate of drug-likeness (QED) is 0.0518. The first-order valence-corrected chi connectivity index (χ1v) is 27.0. The lowest BCUT2D eigenvalue weighted by Gasteiger charge is -2.41. The number of carbonyl (C=O) groups excluding carboxylic acids is 10. The third-order valence-electron chi connectivity index (χ3n) is 15.1. The largest absolute Gasteiger partial charge is 0.469 e. The second-order valence-electron chi connectivity index (χ2n) is 21.8. The van der Waals surface area contributed by atoms with Crippen molar-refractivity contribution in [3.05, 3.63) is 35.4 Å². The number of carbonyl (C=O) groups is 10. The van der Waals surface area contributed by atoms with Crippen molar-refractivity contribution in [2.24, 2.45) is 35.5 Å². The van der Waals surface area contributed by atoms with Crippen molar-refractivity contribution in [3.8, 4) is 24.7 Å². The normalized spacial score (nSPS) is 17.6. The summed E-state index contributed by atoms with van der Waals surface area (Å²) in [4.78, 5) is 138. The van der Waals surface area contributed by atoms with Crippen LogP contribution in [0.5, 0.6) is 0 Å². The van der Waals surface area contributed by atoms with E-state index in [4.69, 9.17) is 27.1 Å². The van der Waals surface area contributed by atoms with Gasteiger partial charge >= 0.3 is 5.97 Å². The van der Waals surface area contributed by atoms with E-state index in [1.165, 1.54) is 28.3 Å². The molecule has 1 aliphatic heterocycles. The van der Waals surface area contributed by atoms with Gasteiger partial charge in [-0.1, -0.05) is 86.1 Å². The Morgan fingerprint density at radius 2 is 1.35 bits per heavy atom. The average molecular weight is 1090 g/mol. The molecule has 1 unspecified atom stereocenters. The minimum absolute atomic E-state index is 0.00168. The summed E-state index contributed by atoms with van der Waals surface area (Å²) in [5.74, 6) is -3.83. The van der Waals surface area contributed by atoms with Gasteiger partial charge in [-0.2, -0.15) is 0 Å². The van der Waals surface area contributed by atoms with E-state index >= 15 is 0 Å². The molecule has 78 heavy (non-hydrogen) atoms. The first-order valence-electron chi connectivity index (χ1n) is 27.0. The molecule has 432 valence electrons. The van der Waals surface area contributed by atoms with Gasteiger partial charge in [0, 0.05) is 65.3 Å². The highest BCUT2D eigenvalue weighted by atomic mass is 16.5. The predicted octanol–water partition coefficient (Wildman–Crippen LogP) is 3.55. The minimum Gasteiger partial charge on any atom is -0.469 e. The highest BCUT2D eigenvalue weighted by Crippen LogP contribution is 2.31. The molecule has 0 bridgehead atoms. The van der Waals surface area contributed by atoms with Crippen molar-refractivity contribution in [2.45, 2.75) is 169 Å². The Labute approximate surface area is 463 Å². The zero-order valence-electron chi connectivity index (χ0n) is 48.8. The fourth-order valence-corrected chi connectivity index (χ4v) is 10.4. The summed E-state index contributed by atoms with van der Waals surface area (Å²) >= 11 is 0. The maximum atomic E-state index is 14.5. The van der Waals surface area contributed by atoms with Crippen LogP contribution in [-0.2, 0) is 75.0 Å². The molecule has 3 N–H and O–H groups in total. The van der Waals surface area contributed by atoms with Crippen molar-refractivity contribution in [2.75, 3.05) is 49.0 Å². The van der Waals surface area contributed by atoms with E-state index in [2.05, 4.69) is 16.0 Å². The van der Waals surface area contributed by atoms with Crippen LogP contribution < -0.4 is 16.0 Å². The van der Waals surface area contributed by atoms with Crippen LogP contribution in [0.3, 0.4) is 0 Å². The maximum Gasteiger partial charge on any atom is 0.309 e. The fraction of sp³-hybridized carbons (Fsp3) is 0.661. The fourth-order valence-electron chi connectivity index (χ4n) is 10.4. The number of likely N-dealkylation sites (tertiary alicyclic amines) is 1. The number of rotatable bonds is 33. The van der Waals surface area contributed by atoms with E-state index in [-0.39, 0.29) is 79.1 Å². The molecule has 19 heteroatoms. The van der Waals surface area contributed by atoms with Crippen LogP contribution in [0.15, 0.2) is 24.3 Å². The van der Waals surface area contributed by atoms with Gasteiger partial charge < -0.3 is 40.0 Å². The number of hydrogen-bond donors (Lipinski definition) is 3. The Bertz CT molecular complexity index is 2300. The van der Waals surface area contributed by atoms with Crippen molar-refractivity contribution in [1.29, 1.82) is 0 Å². The van der Waals surface area contributed by atoms with Gasteiger partial charge in [-0.05, 0) is 81.0 Å². The lowest BCUT2D eigenvalue weighted by atomic mass is 9.85. The van der Waals surface area contributed by atoms with E-state index in [9.17, 15) is 47.9 Å². The number of ketones is 4. The average Bonchev–Trinajstić information content (AvgIpc) is 3.89. The standard InChI is InChI=1S/C59H88N6O13/c1-18-36(8)54(64(14)58(74)52(34(4)5)62-57(73)53(35(6)7)63(12)13)49(76-15)33-51(71)65-27-21-22-45(65)55(77-16)38(10)47(68)31-42(59(75)78-17)29-40-23-25-41(26-24-40)30-46(67)37(9)28-48(69)39(11)60-56(72)44(32-43(66)19-2)61-50(70)20-3/h2-3,23-26,34-39,42,44-45,49,52-55H,18,21-22,27-33H2,1,4-17H3,(H,60,72)(H,61,70)(H,62,73)/t36-,37+,38-,39-,42+,44?,45-,49+,52-,53+,54-,55+/m0/s1. The van der Waals surface area contributed by atoms with Gasteiger partial charge in [0.1, 0.15) is 23.7 Å². The summed E-state index contributed by atoms with van der Waals surface area (Å²) in [5, 5.41) is 7.67. The van der Waals surface area contributed by atoms with Crippen LogP contribution in [0.2, 0.25) is 0 Å². The molecule has 1 heterocycles. The third-order valence-corrected chi connectivity index (χ3v) is 15.1. The maximum absolute atomic E-state index is 14.5. The molecule has 1 saturated heterocycles. The molecular weight excluding hydrogens is 1000 g/mol. The SMILES string of the molecule is C#CC(=O)CC(NC(=O)C#C)C(=O)N[C@@H](C)C(=O)C[C@@H](C)C(=O)Cc1ccc(C[C@H](CC(=O)[C@H](C)[C@@H](OC)[C@@H]2CCCN2C(=O)C[C@@H](OC)[C@H]([C@@H](C)CC)N(C)C(=O)[C@@H](NC(=O)[C@@H](C(C)C)N(C)C)C(C)C)C(=O)OC)cc1. The molecule has 1 aliphatic rings. The summed E-state index contributed by atoms with van der Waals surface area (Å²) < 4.78 is 17.2. The predicted molar refractivity (Wildman–Crippen MR) is 295 cm³/mol. The summed E-state index contributed by atoms with van der Waals surface area (Å²) in [6.07, 6.45) is 9.87. The molecule has 0 radical (unpaired) electrons. The number of nitrogens with zero attached hydrogens (tertiary/aromatic N) is 3. The summed E-state index contributed by atoms with van der Waals surface area (Å²) in [6, 6.07) is 2.23. The first-order chi connectivity index (χ1) is 36.6. The van der Waals surface area contributed by atoms with Gasteiger partial charge in [-0.25, -0.2) is 0 Å². The Hall–Kier alpha value is -6.28. The van der Waals surface area contributed by atoms with Crippen LogP contribution in [0.4, 0.5) is 0 Å². The molecule has 19 nitrogen and oxygen atoms in total. The van der Waals surface area contributed by atoms with Crippen LogP contribution in [0.25, 0.3) is 0 Å². The Morgan fingerprint density at radius 1 is 0.731 bits per heavy atom. The minimum atomic E-state index is -1.40. The molecule has 0 aliphatic carbocycles. The molecule has 12 atom stereocenters. The lowest BCUT2D eigenvalue weighted by molar-refractivity contribution is -0.149. The van der Waals surface area contributed by atoms with E-state index in [0.29, 0.717) is 36.9 Å². The molecular formula is C59H88N6O13. The number of Topliss-reactive ketones (excluding diaryl/α,β-unsaturated/α-hetero) is 4. The van der Waals surface area contributed by atoms with Gasteiger partial charge in [0.05, 0.1) is 55.8 Å². The zero-order valence-corrected chi connectivity index (χ0v) is 48.8. The molecule has 1 fully saturated rings. The summed E-state index contributed by atoms with van der Waals surface area (Å²) in [7, 11) is 9.63. The molecule has 5 amide bonds. The van der Waals surface area contributed by atoms with Crippen LogP contribution in [-0.4, -0.2) is 171 Å². The number of methoxy groups -OCH3 is 3. The Morgan fingerprint density at radius 3 is 1.86 bits per heavy atom. The molecule has 2 rings (SSSR count). The second-order valence-corrected chi connectivity index (χ2v) is 21.8. The molecule has 1 aromatic rings. The number of nitrogens with one attached hydrogen (secondary N) is 3. The Kier molecular flexibility index (Phi) is 28.3. The van der Waals surface area contributed by atoms with Gasteiger partial charge in [0.25, 0.3) is 5.91 Å². The number of amides is 5. The van der Waals surface area contributed by atoms with E-state index in [1.54, 1.807) is 60.9 Å². The monoisotopic (exact) mass is 1090 g/mol. The van der Waals surface area contributed by atoms with Gasteiger partial charge in [-0.15, -0.1) is 12.8 Å². The van der Waals surface area contributed by atoms with Crippen molar-refractivity contribution in [1.82, 2.24) is 30.7 Å². The van der Waals surface area contributed by atoms with Crippen molar-refractivity contribution >= 4 is 58.6 Å². The van der Waals surface area contributed by atoms with Crippen molar-refractivity contribution < 1.29 is 62.2 Å². The second kappa shape index (κ2) is 32.6. The summed E-state index contributed by atoms with van der Waals surface area (Å²) in [6.45, 7) is 16.9. The smallest absolute Gasteiger partial charge is 0.309 e. The van der Waals surface area contributed by atoms with Crippen LogP contribution >= 0.6 is 0 Å². The van der Waals surface area contributed by atoms with Gasteiger partial charge in [-0.3, -0.25) is 52.8 Å². The van der Waals surface area contributed by atoms with E-state index in [1.807, 2.05) is 66.5 Å². The number of terminal acetylenes is 2. The molecule has 1 aromatic carbocycles. The topological polar surface area (TPSA) is 244 Å². The zero-order chi connectivity index (χ0) is 59.3. The van der Waals surface area contributed by atoms with Crippen molar-refractivity contribution in [3.63, 3.8) is 0 Å². The third kappa shape index (κ3) is 19.6. The number of hydrogen-bond acceptors (Lipinski definition) is 14. The molecule has 0 saturated carbocycles. The van der Waals surface area contributed by atoms with Crippen LogP contribution in [0, 0.1) is 60.2 Å². The number of esters is 1. The van der Waals surface area contributed by atoms with Gasteiger partial charge in [0.2, 0.25) is 29.4 Å². The number of likely N-dealkylation sites (N-methyl/N-ethyl adjacent to an activating group) is 2. The van der Waals surface area contributed by atoms with E-state index < -0.39 is 102 Å². The van der Waals surface area contributed by atoms with Gasteiger partial charge in [0.15, 0.2) is 5.78 Å². The highest BCUT2D eigenvalue weighted by Gasteiger charge is 2.44. The highest BCUT2D eigenvalue weighted by molar-refractivity contribution is 6.03. The first kappa shape index (κ1) is 67.8. The number of ether oxygens (including phenoxy) is 3. The van der Waals surface area contributed by atoms with Crippen LogP contribution in [0.1, 0.15) is 118 Å². The summed E-state index contributed by atoms with van der Waals surface area (Å²) in [5.41, 5.74) is 1.34. The lowest BCUT2D eigenvalue weighted by Crippen LogP contribution is -2.59. The molecule has 0 spiro atoms. The van der Waals surface area contributed by atoms with E-state index in [0.717, 1.165) is 0 Å². The Balaban J connectivity index is 2.18. The number of benzene rings is 1. The molecule has 0 aromatic heterocycles.